The predicted octanol–water partition coefficient (Wildman–Crippen LogP) is 3.24. The van der Waals surface area contributed by atoms with Crippen LogP contribution < -0.4 is 10.2 Å². The summed E-state index contributed by atoms with van der Waals surface area (Å²) in [6, 6.07) is 19.1. The lowest BCUT2D eigenvalue weighted by Crippen LogP contribution is -2.54. The lowest BCUT2D eigenvalue weighted by Gasteiger charge is -2.36. The summed E-state index contributed by atoms with van der Waals surface area (Å²) < 4.78 is 0. The van der Waals surface area contributed by atoms with Crippen molar-refractivity contribution in [1.82, 2.24) is 5.32 Å². The second-order valence-corrected chi connectivity index (χ2v) is 7.56. The molecule has 1 amide bonds. The fourth-order valence-electron chi connectivity index (χ4n) is 4.67. The second-order valence-electron chi connectivity index (χ2n) is 7.56. The Morgan fingerprint density at radius 2 is 1.83 bits per heavy atom. The number of nitrogens with zero attached hydrogens (tertiary/aromatic N) is 2. The zero-order chi connectivity index (χ0) is 20.9. The summed E-state index contributed by atoms with van der Waals surface area (Å²) in [7, 11) is 0. The molecule has 1 spiro atoms. The number of rotatable bonds is 3. The van der Waals surface area contributed by atoms with Gasteiger partial charge in [-0.2, -0.15) is 0 Å². The van der Waals surface area contributed by atoms with Crippen molar-refractivity contribution in [1.29, 1.82) is 0 Å². The molecule has 30 heavy (non-hydrogen) atoms. The van der Waals surface area contributed by atoms with Gasteiger partial charge in [0.25, 0.3) is 11.6 Å². The van der Waals surface area contributed by atoms with Crippen molar-refractivity contribution in [2.24, 2.45) is 0 Å². The van der Waals surface area contributed by atoms with Crippen molar-refractivity contribution in [3.05, 3.63) is 99.1 Å². The Morgan fingerprint density at radius 3 is 2.67 bits per heavy atom. The van der Waals surface area contributed by atoms with Gasteiger partial charge in [-0.3, -0.25) is 20.2 Å². The molecule has 2 heterocycles. The molecule has 3 aromatic rings. The van der Waals surface area contributed by atoms with Crippen molar-refractivity contribution in [3.63, 3.8) is 0 Å². The van der Waals surface area contributed by atoms with Gasteiger partial charge in [0, 0.05) is 23.7 Å². The zero-order valence-electron chi connectivity index (χ0n) is 16.0. The third-order valence-corrected chi connectivity index (χ3v) is 5.96. The monoisotopic (exact) mass is 401 g/mol. The summed E-state index contributed by atoms with van der Waals surface area (Å²) in [4.78, 5) is 26.6. The molecular formula is C23H19N3O4. The maximum absolute atomic E-state index is 13.9. The van der Waals surface area contributed by atoms with Gasteiger partial charge in [-0.25, -0.2) is 0 Å². The molecule has 150 valence electrons. The van der Waals surface area contributed by atoms with Gasteiger partial charge in [0.1, 0.15) is 5.75 Å². The molecule has 1 atom stereocenters. The molecule has 0 saturated heterocycles. The van der Waals surface area contributed by atoms with E-state index < -0.39 is 10.5 Å². The number of carbonyl (C=O) groups excluding carboxylic acids is 1. The van der Waals surface area contributed by atoms with Crippen LogP contribution in [0.1, 0.15) is 22.3 Å². The molecule has 1 unspecified atom stereocenters. The number of fused-ring (bicyclic) bond motifs is 4. The molecule has 0 aromatic heterocycles. The van der Waals surface area contributed by atoms with Gasteiger partial charge < -0.3 is 10.0 Å². The number of para-hydroxylation sites is 2. The maximum atomic E-state index is 13.9. The molecule has 0 saturated carbocycles. The second kappa shape index (κ2) is 6.67. The summed E-state index contributed by atoms with van der Waals surface area (Å²) in [5, 5.41) is 24.8. The number of hydrogen-bond donors (Lipinski definition) is 2. The number of benzene rings is 3. The van der Waals surface area contributed by atoms with Crippen LogP contribution in [0.15, 0.2) is 66.7 Å². The van der Waals surface area contributed by atoms with E-state index in [1.54, 1.807) is 41.3 Å². The van der Waals surface area contributed by atoms with E-state index in [4.69, 9.17) is 0 Å². The SMILES string of the molecule is O=C1N(Cc2ccccc2[N+](=O)[O-])c2ccccc2C12NCCc1cc(O)ccc12. The van der Waals surface area contributed by atoms with Gasteiger partial charge >= 0.3 is 0 Å². The molecule has 7 heteroatoms. The number of carbonyl (C=O) groups is 1. The van der Waals surface area contributed by atoms with Crippen molar-refractivity contribution < 1.29 is 14.8 Å². The lowest BCUT2D eigenvalue weighted by molar-refractivity contribution is -0.385. The highest BCUT2D eigenvalue weighted by Crippen LogP contribution is 2.48. The van der Waals surface area contributed by atoms with Gasteiger partial charge in [0.2, 0.25) is 0 Å². The van der Waals surface area contributed by atoms with E-state index in [1.165, 1.54) is 6.07 Å². The predicted molar refractivity (Wildman–Crippen MR) is 111 cm³/mol. The first-order chi connectivity index (χ1) is 14.5. The van der Waals surface area contributed by atoms with Gasteiger partial charge in [0.15, 0.2) is 5.54 Å². The lowest BCUT2D eigenvalue weighted by atomic mass is 9.78. The third-order valence-electron chi connectivity index (χ3n) is 5.96. The molecule has 5 rings (SSSR count). The highest BCUT2D eigenvalue weighted by molar-refractivity contribution is 6.10. The van der Waals surface area contributed by atoms with Gasteiger partial charge in [-0.1, -0.05) is 42.5 Å². The minimum atomic E-state index is -1.07. The highest BCUT2D eigenvalue weighted by atomic mass is 16.6. The normalized spacial score (nSPS) is 19.6. The number of amides is 1. The average Bonchev–Trinajstić information content (AvgIpc) is 2.97. The highest BCUT2D eigenvalue weighted by Gasteiger charge is 2.54. The minimum absolute atomic E-state index is 0.00865. The van der Waals surface area contributed by atoms with Crippen LogP contribution in [-0.4, -0.2) is 22.5 Å². The summed E-state index contributed by atoms with van der Waals surface area (Å²) in [5.74, 6) is -0.00483. The number of hydrogen-bond acceptors (Lipinski definition) is 5. The standard InChI is InChI=1S/C23H19N3O4/c27-17-9-10-18-15(13-17)11-12-24-23(18)19-6-2-4-8-21(19)25(22(23)28)14-16-5-1-3-7-20(16)26(29)30/h1-10,13,24,27H,11-12,14H2. The first kappa shape index (κ1) is 18.3. The first-order valence-corrected chi connectivity index (χ1v) is 9.73. The number of phenols is 1. The Kier molecular flexibility index (Phi) is 4.08. The van der Waals surface area contributed by atoms with Gasteiger partial charge in [-0.15, -0.1) is 0 Å². The minimum Gasteiger partial charge on any atom is -0.508 e. The van der Waals surface area contributed by atoms with E-state index in [2.05, 4.69) is 5.32 Å². The molecule has 3 aromatic carbocycles. The zero-order valence-corrected chi connectivity index (χ0v) is 16.0. The van der Waals surface area contributed by atoms with Crippen LogP contribution >= 0.6 is 0 Å². The molecular weight excluding hydrogens is 382 g/mol. The van der Waals surface area contributed by atoms with E-state index in [0.29, 0.717) is 18.5 Å². The fourth-order valence-corrected chi connectivity index (χ4v) is 4.67. The van der Waals surface area contributed by atoms with E-state index in [0.717, 1.165) is 22.4 Å². The van der Waals surface area contributed by atoms with Gasteiger partial charge in [0.05, 0.1) is 17.2 Å². The van der Waals surface area contributed by atoms with Crippen LogP contribution in [0.25, 0.3) is 0 Å². The summed E-state index contributed by atoms with van der Waals surface area (Å²) in [6.45, 7) is 0.680. The summed E-state index contributed by atoms with van der Waals surface area (Å²) in [5.41, 5.74) is 2.68. The van der Waals surface area contributed by atoms with E-state index in [-0.39, 0.29) is 23.9 Å². The molecule has 0 bridgehead atoms. The number of nitrogens with one attached hydrogen (secondary N) is 1. The number of nitro benzene ring substituents is 1. The molecule has 2 aliphatic rings. The molecule has 0 aliphatic carbocycles. The topological polar surface area (TPSA) is 95.7 Å². The smallest absolute Gasteiger partial charge is 0.274 e. The summed E-state index contributed by atoms with van der Waals surface area (Å²) >= 11 is 0. The Morgan fingerprint density at radius 1 is 1.07 bits per heavy atom. The van der Waals surface area contributed by atoms with Crippen molar-refractivity contribution in [2.45, 2.75) is 18.5 Å². The number of phenolic OH excluding ortho intramolecular Hbond substituents is 1. The van der Waals surface area contributed by atoms with E-state index in [9.17, 15) is 20.0 Å². The third kappa shape index (κ3) is 2.52. The Labute approximate surface area is 172 Å². The maximum Gasteiger partial charge on any atom is 0.274 e. The van der Waals surface area contributed by atoms with E-state index >= 15 is 0 Å². The van der Waals surface area contributed by atoms with Crippen molar-refractivity contribution in [3.8, 4) is 5.75 Å². The quantitative estimate of drug-likeness (QED) is 0.519. The Hall–Kier alpha value is -3.71. The average molecular weight is 401 g/mol. The van der Waals surface area contributed by atoms with Crippen LogP contribution in [0.4, 0.5) is 11.4 Å². The van der Waals surface area contributed by atoms with Crippen LogP contribution in [0, 0.1) is 10.1 Å². The summed E-state index contributed by atoms with van der Waals surface area (Å²) in [6.07, 6.45) is 0.699. The molecule has 2 aliphatic heterocycles. The number of anilines is 1. The molecule has 0 radical (unpaired) electrons. The Bertz CT molecular complexity index is 1190. The van der Waals surface area contributed by atoms with Crippen molar-refractivity contribution in [2.75, 3.05) is 11.4 Å². The number of nitro groups is 1. The van der Waals surface area contributed by atoms with Crippen LogP contribution in [-0.2, 0) is 23.3 Å². The molecule has 2 N–H and O–H groups in total. The van der Waals surface area contributed by atoms with E-state index in [1.807, 2.05) is 24.3 Å². The van der Waals surface area contributed by atoms with Crippen LogP contribution in [0.3, 0.4) is 0 Å². The first-order valence-electron chi connectivity index (χ1n) is 9.73. The molecule has 7 nitrogen and oxygen atoms in total. The largest absolute Gasteiger partial charge is 0.508 e. The van der Waals surface area contributed by atoms with Crippen LogP contribution in [0.2, 0.25) is 0 Å². The Balaban J connectivity index is 1.67. The van der Waals surface area contributed by atoms with Crippen molar-refractivity contribution >= 4 is 17.3 Å². The molecule has 0 fully saturated rings. The fraction of sp³-hybridized carbons (Fsp3) is 0.174. The van der Waals surface area contributed by atoms with Crippen LogP contribution in [0.5, 0.6) is 5.75 Å². The van der Waals surface area contributed by atoms with Gasteiger partial charge in [-0.05, 0) is 35.7 Å². The number of aromatic hydroxyl groups is 1.